The van der Waals surface area contributed by atoms with Gasteiger partial charge in [-0.15, -0.1) is 6.58 Å². The number of urea groups is 1. The molecule has 1 heterocycles. The van der Waals surface area contributed by atoms with Crippen molar-refractivity contribution in [2.24, 2.45) is 0 Å². The Balaban J connectivity index is 2.69. The van der Waals surface area contributed by atoms with E-state index in [4.69, 9.17) is 4.74 Å². The Morgan fingerprint density at radius 2 is 2.37 bits per heavy atom. The van der Waals surface area contributed by atoms with E-state index >= 15 is 0 Å². The molecule has 1 aliphatic rings. The summed E-state index contributed by atoms with van der Waals surface area (Å²) >= 11 is 0. The molecule has 1 fully saturated rings. The van der Waals surface area contributed by atoms with Crippen molar-refractivity contribution in [2.75, 3.05) is 26.2 Å². The Hall–Kier alpha value is -2.05. The van der Waals surface area contributed by atoms with Gasteiger partial charge in [0.25, 0.3) is 0 Å². The zero-order valence-electron chi connectivity index (χ0n) is 11.0. The van der Waals surface area contributed by atoms with E-state index in [1.807, 2.05) is 0 Å². The van der Waals surface area contributed by atoms with Crippen LogP contribution in [-0.4, -0.2) is 55.1 Å². The maximum Gasteiger partial charge on any atom is 0.318 e. The average molecular weight is 269 g/mol. The van der Waals surface area contributed by atoms with Gasteiger partial charge in [0.2, 0.25) is 5.91 Å². The molecule has 0 saturated carbocycles. The quantitative estimate of drug-likeness (QED) is 0.527. The summed E-state index contributed by atoms with van der Waals surface area (Å²) in [6, 6.07) is -1.21. The maximum absolute atomic E-state index is 11.9. The minimum Gasteiger partial charge on any atom is -0.466 e. The summed E-state index contributed by atoms with van der Waals surface area (Å²) < 4.78 is 4.81. The molecule has 0 aromatic rings. The molecule has 0 aliphatic carbocycles. The summed E-state index contributed by atoms with van der Waals surface area (Å²) in [5.41, 5.74) is 0. The molecule has 7 nitrogen and oxygen atoms in total. The van der Waals surface area contributed by atoms with Gasteiger partial charge in [-0.05, 0) is 6.92 Å². The van der Waals surface area contributed by atoms with Crippen molar-refractivity contribution in [3.8, 4) is 0 Å². The number of ether oxygens (including phenoxy) is 1. The fourth-order valence-electron chi connectivity index (χ4n) is 1.80. The molecule has 1 unspecified atom stereocenters. The molecule has 1 aliphatic heterocycles. The molecule has 2 N–H and O–H groups in total. The molecule has 3 amide bonds. The van der Waals surface area contributed by atoms with Gasteiger partial charge < -0.3 is 20.3 Å². The van der Waals surface area contributed by atoms with Crippen molar-refractivity contribution in [1.29, 1.82) is 0 Å². The number of carbonyl (C=O) groups excluding carboxylic acids is 3. The van der Waals surface area contributed by atoms with Gasteiger partial charge >= 0.3 is 12.0 Å². The Bertz CT molecular complexity index is 370. The van der Waals surface area contributed by atoms with E-state index in [2.05, 4.69) is 17.2 Å². The monoisotopic (exact) mass is 269 g/mol. The molecular weight excluding hydrogens is 250 g/mol. The van der Waals surface area contributed by atoms with Crippen LogP contribution in [0.25, 0.3) is 0 Å². The second-order valence-electron chi connectivity index (χ2n) is 3.98. The number of carbonyl (C=O) groups is 3. The summed E-state index contributed by atoms with van der Waals surface area (Å²) in [5, 5.41) is 5.23. The van der Waals surface area contributed by atoms with Crippen molar-refractivity contribution in [3.63, 3.8) is 0 Å². The third-order valence-electron chi connectivity index (χ3n) is 2.65. The van der Waals surface area contributed by atoms with Crippen LogP contribution in [0.1, 0.15) is 13.3 Å². The predicted octanol–water partition coefficient (Wildman–Crippen LogP) is -0.364. The first-order valence-corrected chi connectivity index (χ1v) is 6.18. The van der Waals surface area contributed by atoms with Crippen LogP contribution in [0.3, 0.4) is 0 Å². The summed E-state index contributed by atoms with van der Waals surface area (Å²) in [4.78, 5) is 36.5. The second-order valence-corrected chi connectivity index (χ2v) is 3.98. The van der Waals surface area contributed by atoms with E-state index in [1.165, 1.54) is 4.90 Å². The van der Waals surface area contributed by atoms with Crippen LogP contribution in [0.2, 0.25) is 0 Å². The van der Waals surface area contributed by atoms with Gasteiger partial charge in [0.1, 0.15) is 6.04 Å². The Kier molecular flexibility index (Phi) is 5.84. The van der Waals surface area contributed by atoms with E-state index in [0.717, 1.165) is 0 Å². The molecule has 0 spiro atoms. The highest BCUT2D eigenvalue weighted by Crippen LogP contribution is 2.10. The van der Waals surface area contributed by atoms with Crippen LogP contribution in [0.5, 0.6) is 0 Å². The van der Waals surface area contributed by atoms with Crippen LogP contribution in [0.4, 0.5) is 4.79 Å². The first kappa shape index (κ1) is 15.0. The highest BCUT2D eigenvalue weighted by molar-refractivity contribution is 5.91. The third-order valence-corrected chi connectivity index (χ3v) is 2.65. The largest absolute Gasteiger partial charge is 0.466 e. The Morgan fingerprint density at radius 1 is 1.63 bits per heavy atom. The van der Waals surface area contributed by atoms with Gasteiger partial charge in [-0.2, -0.15) is 0 Å². The van der Waals surface area contributed by atoms with Crippen molar-refractivity contribution < 1.29 is 19.1 Å². The molecule has 7 heteroatoms. The molecular formula is C12H19N3O4. The standard InChI is InChI=1S/C12H19N3O4/c1-3-5-14-12(18)15-7-6-13-11(17)9(15)8-10(16)19-4-2/h3,9H,1,4-8H2,2H3,(H,13,17)(H,14,18). The highest BCUT2D eigenvalue weighted by atomic mass is 16.5. The lowest BCUT2D eigenvalue weighted by Crippen LogP contribution is -2.60. The van der Waals surface area contributed by atoms with E-state index in [1.54, 1.807) is 13.0 Å². The zero-order valence-corrected chi connectivity index (χ0v) is 11.0. The lowest BCUT2D eigenvalue weighted by atomic mass is 10.1. The Labute approximate surface area is 112 Å². The lowest BCUT2D eigenvalue weighted by Gasteiger charge is -2.34. The third kappa shape index (κ3) is 4.27. The van der Waals surface area contributed by atoms with Crippen LogP contribution >= 0.6 is 0 Å². The summed E-state index contributed by atoms with van der Waals surface area (Å²) in [5.74, 6) is -0.834. The van der Waals surface area contributed by atoms with E-state index in [9.17, 15) is 14.4 Å². The van der Waals surface area contributed by atoms with Gasteiger partial charge in [0.15, 0.2) is 0 Å². The van der Waals surface area contributed by atoms with Crippen molar-refractivity contribution >= 4 is 17.9 Å². The van der Waals surface area contributed by atoms with Crippen LogP contribution in [0, 0.1) is 0 Å². The fraction of sp³-hybridized carbons (Fsp3) is 0.583. The van der Waals surface area contributed by atoms with Crippen LogP contribution in [-0.2, 0) is 14.3 Å². The topological polar surface area (TPSA) is 87.7 Å². The zero-order chi connectivity index (χ0) is 14.3. The average Bonchev–Trinajstić information content (AvgIpc) is 2.38. The van der Waals surface area contributed by atoms with Gasteiger partial charge in [-0.25, -0.2) is 4.79 Å². The van der Waals surface area contributed by atoms with Gasteiger partial charge in [0, 0.05) is 19.6 Å². The minimum absolute atomic E-state index is 0.138. The first-order chi connectivity index (χ1) is 9.10. The number of nitrogens with one attached hydrogen (secondary N) is 2. The molecule has 1 saturated heterocycles. The molecule has 0 bridgehead atoms. The molecule has 0 aromatic carbocycles. The van der Waals surface area contributed by atoms with E-state index in [0.29, 0.717) is 19.6 Å². The number of nitrogens with zero attached hydrogens (tertiary/aromatic N) is 1. The van der Waals surface area contributed by atoms with Crippen LogP contribution < -0.4 is 10.6 Å². The summed E-state index contributed by atoms with van der Waals surface area (Å²) in [6.45, 7) is 6.47. The molecule has 1 rings (SSSR count). The highest BCUT2D eigenvalue weighted by Gasteiger charge is 2.34. The van der Waals surface area contributed by atoms with Gasteiger partial charge in [-0.1, -0.05) is 6.08 Å². The van der Waals surface area contributed by atoms with E-state index in [-0.39, 0.29) is 25.0 Å². The summed E-state index contributed by atoms with van der Waals surface area (Å²) in [6.07, 6.45) is 1.41. The normalized spacial score (nSPS) is 18.5. The number of esters is 1. The number of amides is 3. The SMILES string of the molecule is C=CCNC(=O)N1CCNC(=O)C1CC(=O)OCC. The number of hydrogen-bond acceptors (Lipinski definition) is 4. The van der Waals surface area contributed by atoms with Gasteiger partial charge in [0.05, 0.1) is 13.0 Å². The first-order valence-electron chi connectivity index (χ1n) is 6.18. The summed E-state index contributed by atoms with van der Waals surface area (Å²) in [7, 11) is 0. The molecule has 19 heavy (non-hydrogen) atoms. The smallest absolute Gasteiger partial charge is 0.318 e. The number of rotatable bonds is 5. The van der Waals surface area contributed by atoms with Crippen LogP contribution in [0.15, 0.2) is 12.7 Å². The van der Waals surface area contributed by atoms with Crippen molar-refractivity contribution in [3.05, 3.63) is 12.7 Å². The maximum atomic E-state index is 11.9. The lowest BCUT2D eigenvalue weighted by molar-refractivity contribution is -0.147. The fourth-order valence-corrected chi connectivity index (χ4v) is 1.80. The number of piperazine rings is 1. The van der Waals surface area contributed by atoms with Gasteiger partial charge in [-0.3, -0.25) is 9.59 Å². The van der Waals surface area contributed by atoms with Crippen molar-refractivity contribution in [2.45, 2.75) is 19.4 Å². The Morgan fingerprint density at radius 3 is 3.00 bits per heavy atom. The predicted molar refractivity (Wildman–Crippen MR) is 68.3 cm³/mol. The van der Waals surface area contributed by atoms with Crippen molar-refractivity contribution in [1.82, 2.24) is 15.5 Å². The molecule has 0 radical (unpaired) electrons. The second kappa shape index (κ2) is 7.40. The van der Waals surface area contributed by atoms with E-state index < -0.39 is 12.0 Å². The minimum atomic E-state index is -0.822. The molecule has 106 valence electrons. The number of hydrogen-bond donors (Lipinski definition) is 2. The molecule has 0 aromatic heterocycles. The molecule has 1 atom stereocenters.